The molecule has 7 nitrogen and oxygen atoms in total. The zero-order valence-electron chi connectivity index (χ0n) is 18.2. The number of hydrogen-bond acceptors (Lipinski definition) is 6. The third kappa shape index (κ3) is 3.19. The van der Waals surface area contributed by atoms with Crippen LogP contribution in [0.2, 0.25) is 0 Å². The topological polar surface area (TPSA) is 79.1 Å². The first kappa shape index (κ1) is 16.7. The van der Waals surface area contributed by atoms with Crippen LogP contribution in [0, 0.1) is 0 Å². The number of nitrogens with zero attached hydrogens (tertiary/aromatic N) is 5. The molecule has 2 aliphatic heterocycles. The van der Waals surface area contributed by atoms with Crippen molar-refractivity contribution < 1.29 is 16.6 Å². The van der Waals surface area contributed by atoms with Gasteiger partial charge in [-0.1, -0.05) is 0 Å². The molecule has 5 atom stereocenters. The van der Waals surface area contributed by atoms with E-state index in [0.29, 0.717) is 17.1 Å². The molecule has 0 amide bonds. The molecule has 2 aromatic heterocycles. The lowest BCUT2D eigenvalue weighted by molar-refractivity contribution is 0.172. The summed E-state index contributed by atoms with van der Waals surface area (Å²) in [6.07, 6.45) is 1.23. The Labute approximate surface area is 175 Å². The number of fused-ring (bicyclic) bond motifs is 2. The number of benzene rings is 1. The minimum atomic E-state index is -1.84. The highest BCUT2D eigenvalue weighted by atomic mass is 19.1. The molecule has 2 aliphatic rings. The van der Waals surface area contributed by atoms with Gasteiger partial charge >= 0.3 is 0 Å². The van der Waals surface area contributed by atoms with E-state index in [1.54, 1.807) is 54.6 Å². The van der Waals surface area contributed by atoms with E-state index in [4.69, 9.17) is 2.74 Å². The molecule has 156 valence electrons. The van der Waals surface area contributed by atoms with Gasteiger partial charge in [-0.15, -0.1) is 10.2 Å². The number of imidazole rings is 1. The van der Waals surface area contributed by atoms with E-state index in [1.807, 2.05) is 6.07 Å². The third-order valence-corrected chi connectivity index (χ3v) is 5.77. The Morgan fingerprint density at radius 1 is 1.20 bits per heavy atom. The molecule has 30 heavy (non-hydrogen) atoms. The fourth-order valence-corrected chi connectivity index (χ4v) is 4.04. The van der Waals surface area contributed by atoms with Gasteiger partial charge in [-0.2, -0.15) is 0 Å². The van der Waals surface area contributed by atoms with E-state index in [2.05, 4.69) is 20.5 Å². The van der Waals surface area contributed by atoms with Crippen LogP contribution in [0.1, 0.15) is 15.6 Å². The van der Waals surface area contributed by atoms with Gasteiger partial charge in [0.25, 0.3) is 0 Å². The Hall–Kier alpha value is -3.07. The van der Waals surface area contributed by atoms with Crippen LogP contribution >= 0.6 is 0 Å². The van der Waals surface area contributed by atoms with Gasteiger partial charge in [-0.3, -0.25) is 0 Å². The summed E-state index contributed by atoms with van der Waals surface area (Å²) in [5.74, 6) is 0.353. The highest BCUT2D eigenvalue weighted by Gasteiger charge is 2.48. The summed E-state index contributed by atoms with van der Waals surface area (Å²) in [5.41, 5.74) is 1.65. The van der Waals surface area contributed by atoms with Crippen molar-refractivity contribution in [3.63, 3.8) is 0 Å². The van der Waals surface area contributed by atoms with Crippen LogP contribution in [0.3, 0.4) is 0 Å². The molecule has 4 heterocycles. The number of alkyl halides is 2. The van der Waals surface area contributed by atoms with Crippen LogP contribution in [0.5, 0.6) is 5.75 Å². The van der Waals surface area contributed by atoms with Crippen molar-refractivity contribution in [2.24, 2.45) is 0 Å². The second-order valence-electron chi connectivity index (χ2n) is 7.58. The summed E-state index contributed by atoms with van der Waals surface area (Å²) in [6, 6.07) is 3.97. The highest BCUT2D eigenvalue weighted by molar-refractivity contribution is 5.69. The fourth-order valence-electron chi connectivity index (χ4n) is 4.04. The van der Waals surface area contributed by atoms with Gasteiger partial charge in [0.15, 0.2) is 5.82 Å². The molecule has 0 unspecified atom stereocenters. The van der Waals surface area contributed by atoms with Crippen LogP contribution in [-0.2, 0) is 0 Å². The van der Waals surface area contributed by atoms with Crippen molar-refractivity contribution >= 4 is 5.82 Å². The van der Waals surface area contributed by atoms with Crippen molar-refractivity contribution in [3.05, 3.63) is 49.1 Å². The smallest absolute Gasteiger partial charge is 0.151 e. The number of halogens is 2. The summed E-state index contributed by atoms with van der Waals surface area (Å²) < 4.78 is 47.7. The maximum Gasteiger partial charge on any atom is 0.151 e. The van der Waals surface area contributed by atoms with Crippen molar-refractivity contribution in [2.45, 2.75) is 43.3 Å². The lowest BCUT2D eigenvalue weighted by atomic mass is 9.96. The minimum Gasteiger partial charge on any atom is -0.507 e. The van der Waals surface area contributed by atoms with E-state index in [0.717, 1.165) is 5.69 Å². The fraction of sp³-hybridized carbons (Fsp3) is 0.381. The van der Waals surface area contributed by atoms with Gasteiger partial charge in [0.1, 0.15) is 18.1 Å². The molecule has 2 saturated heterocycles. The lowest BCUT2D eigenvalue weighted by Gasteiger charge is -2.38. The number of phenolic OH excluding ortho intramolecular Hbond substituents is 1. The highest BCUT2D eigenvalue weighted by Crippen LogP contribution is 2.35. The normalized spacial score (nSPS) is 33.8. The number of rotatable bonds is 4. The van der Waals surface area contributed by atoms with Gasteiger partial charge in [-0.05, 0) is 37.1 Å². The summed E-state index contributed by atoms with van der Waals surface area (Å²) in [6.45, 7) is 0. The molecule has 2 bridgehead atoms. The van der Waals surface area contributed by atoms with Crippen LogP contribution in [0.4, 0.5) is 14.6 Å². The average molecular weight is 414 g/mol. The van der Waals surface area contributed by atoms with Gasteiger partial charge in [-0.25, -0.2) is 13.8 Å². The zero-order chi connectivity index (χ0) is 22.7. The zero-order valence-corrected chi connectivity index (χ0v) is 16.2. The first-order valence-electron chi connectivity index (χ1n) is 10.7. The maximum atomic E-state index is 15.1. The van der Waals surface area contributed by atoms with E-state index >= 15 is 4.39 Å². The Morgan fingerprint density at radius 3 is 2.77 bits per heavy atom. The summed E-state index contributed by atoms with van der Waals surface area (Å²) in [7, 11) is 1.60. The first-order valence-corrected chi connectivity index (χ1v) is 9.66. The van der Waals surface area contributed by atoms with Crippen molar-refractivity contribution in [3.8, 4) is 22.7 Å². The number of phenols is 1. The van der Waals surface area contributed by atoms with Gasteiger partial charge in [0.2, 0.25) is 0 Å². The van der Waals surface area contributed by atoms with Gasteiger partial charge in [0.05, 0.1) is 23.8 Å². The number of anilines is 1. The molecule has 2 fully saturated rings. The Bertz CT molecular complexity index is 1130. The van der Waals surface area contributed by atoms with Crippen LogP contribution in [0.15, 0.2) is 49.1 Å². The predicted octanol–water partition coefficient (Wildman–Crippen LogP) is 2.65. The summed E-state index contributed by atoms with van der Waals surface area (Å²) >= 11 is 0. The first-order chi connectivity index (χ1) is 15.2. The average Bonchev–Trinajstić information content (AvgIpc) is 3.37. The Kier molecular flexibility index (Phi) is 4.07. The monoisotopic (exact) mass is 414 g/mol. The molecule has 0 radical (unpaired) electrons. The number of aromatic nitrogens is 4. The molecular formula is C21H22F2N6O. The number of hydrogen-bond donors (Lipinski definition) is 2. The standard InChI is InChI=1S/C21H22F2N6O/c1-28(18-10-16-14(22)9-17(25-16)21(18)23)20-5-4-15(26-27-20)13-3-2-12(8-19(13)30)29-7-6-24-11-29/h2-8,11,14,16-18,21,25,30H,9-10H2,1H3/t14-,16+,17+,18-,21-/m1/s1/i16D,17D. The number of aromatic hydroxyl groups is 1. The van der Waals surface area contributed by atoms with E-state index in [-0.39, 0.29) is 18.6 Å². The molecule has 3 aromatic rings. The second-order valence-corrected chi connectivity index (χ2v) is 7.58. The maximum absolute atomic E-state index is 15.1. The molecule has 5 rings (SSSR count). The van der Waals surface area contributed by atoms with E-state index < -0.39 is 30.4 Å². The molecule has 0 spiro atoms. The van der Waals surface area contributed by atoms with Gasteiger partial charge < -0.3 is 19.9 Å². The Balaban J connectivity index is 1.38. The van der Waals surface area contributed by atoms with Crippen LogP contribution in [-0.4, -0.2) is 62.3 Å². The quantitative estimate of drug-likeness (QED) is 0.683. The van der Waals surface area contributed by atoms with Crippen molar-refractivity contribution in [1.29, 1.82) is 0 Å². The number of nitrogens with one attached hydrogen (secondary N) is 1. The number of piperidine rings is 1. The van der Waals surface area contributed by atoms with Gasteiger partial charge in [0, 0.05) is 45.8 Å². The molecule has 0 aliphatic carbocycles. The molecule has 2 N–H and O–H groups in total. The summed E-state index contributed by atoms with van der Waals surface area (Å²) in [4.78, 5) is 5.49. The SMILES string of the molecule is [2H][C@]12C[C@@H](N(C)c3ccc(-c4ccc(-n5ccnc5)cc4O)nn3)[C@H](F)[C@]([2H])(C[C@H]1F)N2. The predicted molar refractivity (Wildman–Crippen MR) is 108 cm³/mol. The molecule has 0 saturated carbocycles. The van der Waals surface area contributed by atoms with E-state index in [1.165, 1.54) is 4.90 Å². The van der Waals surface area contributed by atoms with Crippen molar-refractivity contribution in [1.82, 2.24) is 25.1 Å². The summed E-state index contributed by atoms with van der Waals surface area (Å²) in [5, 5.41) is 21.3. The molecule has 1 aromatic carbocycles. The largest absolute Gasteiger partial charge is 0.507 e. The van der Waals surface area contributed by atoms with E-state index in [9.17, 15) is 9.50 Å². The lowest BCUT2D eigenvalue weighted by Crippen LogP contribution is -2.56. The minimum absolute atomic E-state index is 0.0200. The Morgan fingerprint density at radius 2 is 2.07 bits per heavy atom. The molecular weight excluding hydrogens is 390 g/mol. The van der Waals surface area contributed by atoms with Crippen molar-refractivity contribution in [2.75, 3.05) is 11.9 Å². The second kappa shape index (κ2) is 7.32. The van der Waals surface area contributed by atoms with Crippen LogP contribution in [0.25, 0.3) is 16.9 Å². The third-order valence-electron chi connectivity index (χ3n) is 5.77. The molecule has 9 heteroatoms. The van der Waals surface area contributed by atoms with Crippen LogP contribution < -0.4 is 10.2 Å².